The maximum Gasteiger partial charge on any atom is 0.280 e. The van der Waals surface area contributed by atoms with Gasteiger partial charge in [-0.25, -0.2) is 26.9 Å². The van der Waals surface area contributed by atoms with Gasteiger partial charge in [-0.2, -0.15) is 0 Å². The Hall–Kier alpha value is -2.09. The number of nitrogens with zero attached hydrogens (tertiary/aromatic N) is 1. The molecule has 1 aromatic heterocycles. The van der Waals surface area contributed by atoms with E-state index in [0.29, 0.717) is 5.56 Å². The molecule has 0 fully saturated rings. The number of hydrogen-bond acceptors (Lipinski definition) is 3. The van der Waals surface area contributed by atoms with Crippen molar-refractivity contribution in [3.8, 4) is 17.0 Å². The highest BCUT2D eigenvalue weighted by atomic mass is 35.5. The zero-order valence-corrected chi connectivity index (χ0v) is 12.1. The van der Waals surface area contributed by atoms with Crippen molar-refractivity contribution in [2.24, 2.45) is 0 Å². The van der Waals surface area contributed by atoms with E-state index >= 15 is 0 Å². The van der Waals surface area contributed by atoms with Gasteiger partial charge in [0.05, 0.1) is 10.7 Å². The lowest BCUT2D eigenvalue weighted by molar-refractivity contribution is -0.0780. The predicted octanol–water partition coefficient (Wildman–Crippen LogP) is 4.40. The molecule has 0 spiro atoms. The number of nitrogens with two attached hydrogens (primary N) is 1. The summed E-state index contributed by atoms with van der Waals surface area (Å²) >= 11 is 5.94. The number of rotatable bonds is 5. The molecule has 2 rings (SSSR count). The van der Waals surface area contributed by atoms with Crippen molar-refractivity contribution in [2.45, 2.75) is 19.0 Å². The first-order valence-corrected chi connectivity index (χ1v) is 6.61. The molecule has 0 saturated heterocycles. The molecule has 0 amide bonds. The van der Waals surface area contributed by atoms with E-state index in [-0.39, 0.29) is 16.3 Å². The van der Waals surface area contributed by atoms with Gasteiger partial charge in [-0.05, 0) is 18.2 Å². The van der Waals surface area contributed by atoms with Crippen LogP contribution in [0.5, 0.6) is 5.88 Å². The molecule has 23 heavy (non-hydrogen) atoms. The van der Waals surface area contributed by atoms with Crippen LogP contribution in [-0.2, 0) is 0 Å². The average molecular weight is 353 g/mol. The third-order valence-electron chi connectivity index (χ3n) is 2.89. The fourth-order valence-electron chi connectivity index (χ4n) is 1.75. The van der Waals surface area contributed by atoms with Crippen LogP contribution in [0.1, 0.15) is 0 Å². The van der Waals surface area contributed by atoms with Crippen LogP contribution < -0.4 is 10.5 Å². The highest BCUT2D eigenvalue weighted by Gasteiger charge is 2.32. The van der Waals surface area contributed by atoms with Crippen LogP contribution in [-0.4, -0.2) is 23.9 Å². The van der Waals surface area contributed by atoms with Crippen molar-refractivity contribution in [3.63, 3.8) is 0 Å². The minimum Gasteiger partial charge on any atom is -0.462 e. The minimum atomic E-state index is -3.36. The van der Waals surface area contributed by atoms with Gasteiger partial charge in [0.25, 0.3) is 12.9 Å². The van der Waals surface area contributed by atoms with Gasteiger partial charge in [-0.15, -0.1) is 0 Å². The average Bonchev–Trinajstić information content (AvgIpc) is 2.48. The topological polar surface area (TPSA) is 48.1 Å². The first-order valence-electron chi connectivity index (χ1n) is 6.23. The van der Waals surface area contributed by atoms with Crippen molar-refractivity contribution >= 4 is 17.3 Å². The normalized spacial score (nSPS) is 11.5. The van der Waals surface area contributed by atoms with Crippen LogP contribution in [0.2, 0.25) is 5.02 Å². The lowest BCUT2D eigenvalue weighted by Gasteiger charge is -2.16. The van der Waals surface area contributed by atoms with E-state index in [4.69, 9.17) is 17.3 Å². The van der Waals surface area contributed by atoms with E-state index in [1.54, 1.807) is 0 Å². The summed E-state index contributed by atoms with van der Waals surface area (Å²) in [5, 5.41) is 0.150. The van der Waals surface area contributed by atoms with Crippen LogP contribution >= 0.6 is 11.6 Å². The molecule has 0 atom stereocenters. The second-order valence-corrected chi connectivity index (χ2v) is 4.90. The van der Waals surface area contributed by atoms with Crippen LogP contribution in [0.4, 0.5) is 27.6 Å². The van der Waals surface area contributed by atoms with Crippen molar-refractivity contribution < 1.29 is 26.7 Å². The Labute approximate surface area is 132 Å². The zero-order chi connectivity index (χ0) is 17.1. The third-order valence-corrected chi connectivity index (χ3v) is 3.20. The van der Waals surface area contributed by atoms with Crippen molar-refractivity contribution in [1.29, 1.82) is 0 Å². The molecule has 2 N–H and O–H groups in total. The van der Waals surface area contributed by atoms with Gasteiger partial charge in [0.1, 0.15) is 5.82 Å². The zero-order valence-electron chi connectivity index (χ0n) is 11.3. The van der Waals surface area contributed by atoms with E-state index in [1.165, 1.54) is 12.1 Å². The first kappa shape index (κ1) is 17.3. The van der Waals surface area contributed by atoms with E-state index in [2.05, 4.69) is 9.72 Å². The van der Waals surface area contributed by atoms with Gasteiger partial charge < -0.3 is 10.5 Å². The number of nitrogen functional groups attached to an aromatic ring is 1. The molecule has 0 unspecified atom stereocenters. The minimum absolute atomic E-state index is 0.136. The third kappa shape index (κ3) is 4.01. The number of alkyl halides is 4. The summed E-state index contributed by atoms with van der Waals surface area (Å²) < 4.78 is 67.6. The Kier molecular flexibility index (Phi) is 5.25. The maximum atomic E-state index is 13.5. The predicted molar refractivity (Wildman–Crippen MR) is 75.5 cm³/mol. The number of anilines is 1. The Morgan fingerprint density at radius 2 is 1.74 bits per heavy atom. The van der Waals surface area contributed by atoms with Crippen LogP contribution in [0.15, 0.2) is 30.5 Å². The largest absolute Gasteiger partial charge is 0.462 e. The van der Waals surface area contributed by atoms with Gasteiger partial charge in [0.2, 0.25) is 12.0 Å². The molecule has 0 bridgehead atoms. The van der Waals surface area contributed by atoms with Gasteiger partial charge in [-0.1, -0.05) is 11.6 Å². The molecule has 0 aliphatic heterocycles. The Morgan fingerprint density at radius 3 is 2.26 bits per heavy atom. The van der Waals surface area contributed by atoms with Crippen LogP contribution in [0.25, 0.3) is 11.1 Å². The summed E-state index contributed by atoms with van der Waals surface area (Å²) in [7, 11) is 0. The van der Waals surface area contributed by atoms with Gasteiger partial charge in [-0.3, -0.25) is 0 Å². The SMILES string of the molecule is Nc1cc(Cl)c(-c2ccc(OC(C(F)F)C(F)F)nc2)cc1F. The van der Waals surface area contributed by atoms with Gasteiger partial charge in [0.15, 0.2) is 0 Å². The summed E-state index contributed by atoms with van der Waals surface area (Å²) in [6.45, 7) is 0. The summed E-state index contributed by atoms with van der Waals surface area (Å²) in [5.41, 5.74) is 5.83. The first-order chi connectivity index (χ1) is 10.8. The fourth-order valence-corrected chi connectivity index (χ4v) is 2.03. The number of benzene rings is 1. The van der Waals surface area contributed by atoms with E-state index < -0.39 is 30.7 Å². The number of hydrogen-bond donors (Lipinski definition) is 1. The lowest BCUT2D eigenvalue weighted by atomic mass is 10.1. The molecule has 1 aromatic carbocycles. The molecule has 3 nitrogen and oxygen atoms in total. The highest BCUT2D eigenvalue weighted by Crippen LogP contribution is 2.31. The fraction of sp³-hybridized carbons (Fsp3) is 0.214. The molecule has 9 heteroatoms. The second kappa shape index (κ2) is 6.99. The van der Waals surface area contributed by atoms with Gasteiger partial charge in [0, 0.05) is 23.4 Å². The van der Waals surface area contributed by atoms with Crippen molar-refractivity contribution in [1.82, 2.24) is 4.98 Å². The quantitative estimate of drug-likeness (QED) is 0.641. The second-order valence-electron chi connectivity index (χ2n) is 4.49. The molecular weight excluding hydrogens is 343 g/mol. The smallest absolute Gasteiger partial charge is 0.280 e. The number of halogens is 6. The van der Waals surface area contributed by atoms with Crippen molar-refractivity contribution in [3.05, 3.63) is 41.3 Å². The van der Waals surface area contributed by atoms with E-state index in [0.717, 1.165) is 18.3 Å². The number of aromatic nitrogens is 1. The monoisotopic (exact) mass is 352 g/mol. The molecule has 1 heterocycles. The van der Waals surface area contributed by atoms with Crippen LogP contribution in [0, 0.1) is 5.82 Å². The van der Waals surface area contributed by atoms with E-state index in [1.807, 2.05) is 0 Å². The molecule has 0 aliphatic rings. The summed E-state index contributed by atoms with van der Waals surface area (Å²) in [5.74, 6) is -1.11. The number of ether oxygens (including phenoxy) is 1. The Bertz CT molecular complexity index is 674. The molecular formula is C14H10ClF5N2O. The maximum absolute atomic E-state index is 13.5. The summed E-state index contributed by atoms with van der Waals surface area (Å²) in [6, 6.07) is 4.72. The van der Waals surface area contributed by atoms with Crippen LogP contribution in [0.3, 0.4) is 0 Å². The van der Waals surface area contributed by atoms with E-state index in [9.17, 15) is 22.0 Å². The lowest BCUT2D eigenvalue weighted by Crippen LogP contribution is -2.33. The molecule has 2 aromatic rings. The summed E-state index contributed by atoms with van der Waals surface area (Å²) in [6.07, 6.45) is -8.17. The molecule has 0 aliphatic carbocycles. The van der Waals surface area contributed by atoms with Crippen molar-refractivity contribution in [2.75, 3.05) is 5.73 Å². The standard InChI is InChI=1S/C14H10ClF5N2O/c15-8-4-10(21)9(16)3-7(8)6-1-2-11(22-5-6)23-12(13(17)18)14(19)20/h1-5,12-14H,21H2. The Morgan fingerprint density at radius 1 is 1.09 bits per heavy atom. The summed E-state index contributed by atoms with van der Waals surface area (Å²) in [4.78, 5) is 3.65. The highest BCUT2D eigenvalue weighted by molar-refractivity contribution is 6.33. The molecule has 124 valence electrons. The number of pyridine rings is 1. The molecule has 0 saturated carbocycles. The Balaban J connectivity index is 2.25. The molecule has 0 radical (unpaired) electrons. The van der Waals surface area contributed by atoms with Gasteiger partial charge >= 0.3 is 0 Å².